The lowest BCUT2D eigenvalue weighted by Crippen LogP contribution is -2.52. The summed E-state index contributed by atoms with van der Waals surface area (Å²) in [5.74, 6) is 1.65. The van der Waals surface area contributed by atoms with Gasteiger partial charge in [0.05, 0.1) is 6.54 Å². The highest BCUT2D eigenvalue weighted by Crippen LogP contribution is 2.17. The van der Waals surface area contributed by atoms with E-state index in [0.29, 0.717) is 6.54 Å². The third kappa shape index (κ3) is 5.96. The van der Waals surface area contributed by atoms with E-state index in [1.165, 1.54) is 17.7 Å². The Balaban J connectivity index is 0.00000272. The van der Waals surface area contributed by atoms with Crippen LogP contribution in [0.2, 0.25) is 0 Å². The van der Waals surface area contributed by atoms with Crippen LogP contribution in [0.1, 0.15) is 11.4 Å². The van der Waals surface area contributed by atoms with Crippen LogP contribution in [-0.2, 0) is 13.1 Å². The van der Waals surface area contributed by atoms with Crippen molar-refractivity contribution in [1.29, 1.82) is 0 Å². The van der Waals surface area contributed by atoms with Gasteiger partial charge in [0.1, 0.15) is 11.6 Å². The quantitative estimate of drug-likeness (QED) is 0.309. The topological polar surface area (TPSA) is 48.7 Å². The number of halogens is 2. The molecule has 1 saturated heterocycles. The van der Waals surface area contributed by atoms with Crippen molar-refractivity contribution in [2.45, 2.75) is 13.1 Å². The summed E-state index contributed by atoms with van der Waals surface area (Å²) in [5.41, 5.74) is 2.31. The van der Waals surface area contributed by atoms with E-state index in [4.69, 9.17) is 0 Å². The van der Waals surface area contributed by atoms with Crippen LogP contribution in [0.5, 0.6) is 0 Å². The fraction of sp³-hybridized carbons (Fsp3) is 0.304. The Morgan fingerprint density at radius 3 is 2.42 bits per heavy atom. The summed E-state index contributed by atoms with van der Waals surface area (Å²) in [7, 11) is 1.81. The maximum atomic E-state index is 13.2. The maximum absolute atomic E-state index is 13.2. The highest BCUT2D eigenvalue weighted by atomic mass is 127. The van der Waals surface area contributed by atoms with Gasteiger partial charge in [0, 0.05) is 57.9 Å². The fourth-order valence-corrected chi connectivity index (χ4v) is 3.75. The second kappa shape index (κ2) is 11.1. The molecule has 0 saturated carbocycles. The van der Waals surface area contributed by atoms with Gasteiger partial charge in [-0.05, 0) is 29.8 Å². The van der Waals surface area contributed by atoms with Crippen molar-refractivity contribution >= 4 is 35.6 Å². The normalized spacial score (nSPS) is 14.3. The van der Waals surface area contributed by atoms with E-state index in [0.717, 1.165) is 50.2 Å². The van der Waals surface area contributed by atoms with E-state index in [1.807, 2.05) is 37.6 Å². The zero-order chi connectivity index (χ0) is 20.8. The molecular formula is C23H28FIN6. The predicted octanol–water partition coefficient (Wildman–Crippen LogP) is 3.59. The number of nitrogens with zero attached hydrogens (tertiary/aromatic N) is 5. The number of rotatable bonds is 5. The van der Waals surface area contributed by atoms with E-state index in [1.54, 1.807) is 0 Å². The second-order valence-corrected chi connectivity index (χ2v) is 7.31. The molecule has 0 unspecified atom stereocenters. The van der Waals surface area contributed by atoms with Gasteiger partial charge in [0.15, 0.2) is 5.96 Å². The Bertz CT molecular complexity index is 965. The van der Waals surface area contributed by atoms with Crippen LogP contribution in [0.3, 0.4) is 0 Å². The van der Waals surface area contributed by atoms with Crippen molar-refractivity contribution < 1.29 is 4.39 Å². The van der Waals surface area contributed by atoms with Crippen LogP contribution in [0.15, 0.2) is 72.0 Å². The van der Waals surface area contributed by atoms with Crippen molar-refractivity contribution in [2.24, 2.45) is 4.99 Å². The lowest BCUT2D eigenvalue weighted by molar-refractivity contribution is 0.371. The molecule has 2 heterocycles. The molecule has 1 aromatic heterocycles. The highest BCUT2D eigenvalue weighted by Gasteiger charge is 2.20. The van der Waals surface area contributed by atoms with Crippen LogP contribution in [0, 0.1) is 5.82 Å². The van der Waals surface area contributed by atoms with Gasteiger partial charge in [-0.25, -0.2) is 9.37 Å². The van der Waals surface area contributed by atoms with Crippen molar-refractivity contribution in [2.75, 3.05) is 38.1 Å². The third-order valence-electron chi connectivity index (χ3n) is 5.38. The molecule has 4 rings (SSSR count). The van der Waals surface area contributed by atoms with Gasteiger partial charge in [-0.3, -0.25) is 4.99 Å². The Labute approximate surface area is 199 Å². The van der Waals surface area contributed by atoms with E-state index in [2.05, 4.69) is 53.9 Å². The number of anilines is 1. The largest absolute Gasteiger partial charge is 0.368 e. The molecule has 1 N–H and O–H groups in total. The summed E-state index contributed by atoms with van der Waals surface area (Å²) < 4.78 is 15.3. The molecule has 1 fully saturated rings. The Morgan fingerprint density at radius 1 is 1.03 bits per heavy atom. The number of nitrogens with one attached hydrogen (secondary N) is 1. The average molecular weight is 534 g/mol. The number of guanidine groups is 1. The number of imidazole rings is 1. The molecule has 0 bridgehead atoms. The molecule has 31 heavy (non-hydrogen) atoms. The Morgan fingerprint density at radius 2 is 1.74 bits per heavy atom. The molecule has 0 amide bonds. The molecule has 0 aliphatic carbocycles. The van der Waals surface area contributed by atoms with E-state index < -0.39 is 0 Å². The van der Waals surface area contributed by atoms with Gasteiger partial charge < -0.3 is 19.7 Å². The first-order valence-electron chi connectivity index (χ1n) is 10.2. The average Bonchev–Trinajstić information content (AvgIpc) is 3.23. The molecule has 164 valence electrons. The number of aliphatic imine (C=N–C) groups is 1. The summed E-state index contributed by atoms with van der Waals surface area (Å²) in [5, 5.41) is 3.45. The van der Waals surface area contributed by atoms with Crippen LogP contribution in [-0.4, -0.2) is 53.6 Å². The third-order valence-corrected chi connectivity index (χ3v) is 5.38. The first-order chi connectivity index (χ1) is 14.7. The number of aromatic nitrogens is 2. The van der Waals surface area contributed by atoms with E-state index >= 15 is 0 Å². The predicted molar refractivity (Wildman–Crippen MR) is 134 cm³/mol. The second-order valence-electron chi connectivity index (χ2n) is 7.31. The van der Waals surface area contributed by atoms with Crippen LogP contribution < -0.4 is 10.2 Å². The maximum Gasteiger partial charge on any atom is 0.194 e. The lowest BCUT2D eigenvalue weighted by atomic mass is 10.2. The molecule has 1 aliphatic rings. The van der Waals surface area contributed by atoms with Gasteiger partial charge in [-0.2, -0.15) is 0 Å². The Hall–Kier alpha value is -2.62. The standard InChI is InChI=1S/C23H27FN6.HI/c1-25-23(29-15-13-28(14-16-29)21-9-7-20(24)8-10-21)27-17-22-26-11-12-30(22)18-19-5-3-2-4-6-19;/h2-12H,13-18H2,1H3,(H,25,27);1H. The van der Waals surface area contributed by atoms with Crippen molar-refractivity contribution in [3.8, 4) is 0 Å². The van der Waals surface area contributed by atoms with Crippen molar-refractivity contribution in [1.82, 2.24) is 19.8 Å². The number of hydrogen-bond acceptors (Lipinski definition) is 3. The first kappa shape index (κ1) is 23.1. The molecular weight excluding hydrogens is 506 g/mol. The van der Waals surface area contributed by atoms with Crippen LogP contribution >= 0.6 is 24.0 Å². The summed E-state index contributed by atoms with van der Waals surface area (Å²) in [6, 6.07) is 17.1. The minimum atomic E-state index is -0.201. The molecule has 1 aliphatic heterocycles. The zero-order valence-electron chi connectivity index (χ0n) is 17.6. The number of hydrogen-bond donors (Lipinski definition) is 1. The molecule has 0 radical (unpaired) electrons. The number of piperazine rings is 1. The molecule has 6 nitrogen and oxygen atoms in total. The van der Waals surface area contributed by atoms with Crippen LogP contribution in [0.25, 0.3) is 0 Å². The van der Waals surface area contributed by atoms with Gasteiger partial charge in [-0.15, -0.1) is 24.0 Å². The SMILES string of the molecule is CN=C(NCc1nccn1Cc1ccccc1)N1CCN(c2ccc(F)cc2)CC1.I. The van der Waals surface area contributed by atoms with Gasteiger partial charge in [0.25, 0.3) is 0 Å². The monoisotopic (exact) mass is 534 g/mol. The summed E-state index contributed by atoms with van der Waals surface area (Å²) >= 11 is 0. The Kier molecular flexibility index (Phi) is 8.27. The molecule has 2 aromatic carbocycles. The summed E-state index contributed by atoms with van der Waals surface area (Å²) in [6.45, 7) is 4.87. The first-order valence-corrected chi connectivity index (χ1v) is 10.2. The van der Waals surface area contributed by atoms with Crippen molar-refractivity contribution in [3.05, 3.63) is 84.2 Å². The van der Waals surface area contributed by atoms with E-state index in [9.17, 15) is 4.39 Å². The number of benzene rings is 2. The van der Waals surface area contributed by atoms with Gasteiger partial charge >= 0.3 is 0 Å². The lowest BCUT2D eigenvalue weighted by Gasteiger charge is -2.37. The van der Waals surface area contributed by atoms with Crippen LogP contribution in [0.4, 0.5) is 10.1 Å². The minimum Gasteiger partial charge on any atom is -0.368 e. The molecule has 0 atom stereocenters. The van der Waals surface area contributed by atoms with E-state index in [-0.39, 0.29) is 29.8 Å². The molecule has 8 heteroatoms. The van der Waals surface area contributed by atoms with Gasteiger partial charge in [-0.1, -0.05) is 30.3 Å². The van der Waals surface area contributed by atoms with Crippen molar-refractivity contribution in [3.63, 3.8) is 0 Å². The fourth-order valence-electron chi connectivity index (χ4n) is 3.75. The van der Waals surface area contributed by atoms with Gasteiger partial charge in [0.2, 0.25) is 0 Å². The summed E-state index contributed by atoms with van der Waals surface area (Å²) in [6.07, 6.45) is 3.85. The highest BCUT2D eigenvalue weighted by molar-refractivity contribution is 14.0. The summed E-state index contributed by atoms with van der Waals surface area (Å²) in [4.78, 5) is 13.5. The molecule has 3 aromatic rings. The molecule has 0 spiro atoms. The zero-order valence-corrected chi connectivity index (χ0v) is 19.9. The smallest absolute Gasteiger partial charge is 0.194 e. The minimum absolute atomic E-state index is 0.